The molecule has 0 fully saturated rings. The highest BCUT2D eigenvalue weighted by Gasteiger charge is 2.25. The van der Waals surface area contributed by atoms with Crippen LogP contribution < -0.4 is 5.32 Å². The largest absolute Gasteiger partial charge is 0.350 e. The van der Waals surface area contributed by atoms with Gasteiger partial charge in [0.2, 0.25) is 5.76 Å². The molecule has 4 heteroatoms. The van der Waals surface area contributed by atoms with E-state index >= 15 is 0 Å². The molecule has 1 heterocycles. The van der Waals surface area contributed by atoms with Crippen LogP contribution in [0.2, 0.25) is 0 Å². The van der Waals surface area contributed by atoms with Gasteiger partial charge in [0, 0.05) is 11.6 Å². The van der Waals surface area contributed by atoms with E-state index in [-0.39, 0.29) is 11.9 Å². The van der Waals surface area contributed by atoms with Crippen molar-refractivity contribution in [3.8, 4) is 0 Å². The van der Waals surface area contributed by atoms with Crippen molar-refractivity contribution in [3.63, 3.8) is 0 Å². The van der Waals surface area contributed by atoms with Crippen LogP contribution in [-0.4, -0.2) is 17.1 Å². The zero-order chi connectivity index (χ0) is 13.9. The maximum absolute atomic E-state index is 12.4. The molecule has 1 aromatic rings. The predicted octanol–water partition coefficient (Wildman–Crippen LogP) is 3.17. The van der Waals surface area contributed by atoms with Crippen molar-refractivity contribution in [2.45, 2.75) is 64.3 Å². The van der Waals surface area contributed by atoms with E-state index in [1.54, 1.807) is 0 Å². The Kier molecular flexibility index (Phi) is 3.90. The summed E-state index contributed by atoms with van der Waals surface area (Å²) in [5.41, 5.74) is 3.35. The lowest BCUT2D eigenvalue weighted by Gasteiger charge is -2.20. The number of rotatable bonds is 3. The van der Waals surface area contributed by atoms with Gasteiger partial charge >= 0.3 is 0 Å². The van der Waals surface area contributed by atoms with E-state index in [4.69, 9.17) is 4.52 Å². The summed E-state index contributed by atoms with van der Waals surface area (Å²) in [5.74, 6) is 0.322. The number of allylic oxidation sites excluding steroid dienone is 1. The summed E-state index contributed by atoms with van der Waals surface area (Å²) >= 11 is 0. The van der Waals surface area contributed by atoms with Crippen molar-refractivity contribution in [1.29, 1.82) is 0 Å². The van der Waals surface area contributed by atoms with Gasteiger partial charge < -0.3 is 9.84 Å². The highest BCUT2D eigenvalue weighted by molar-refractivity contribution is 5.93. The average Bonchev–Trinajstić information content (AvgIpc) is 2.92. The van der Waals surface area contributed by atoms with E-state index in [1.165, 1.54) is 18.4 Å². The molecule has 0 spiro atoms. The number of carbonyl (C=O) groups excluding carboxylic acids is 1. The SMILES string of the molecule is CC(NC(=O)c1onc2c1CCCC2)C1=CCCCC1. The van der Waals surface area contributed by atoms with Crippen molar-refractivity contribution in [2.75, 3.05) is 0 Å². The number of hydrogen-bond acceptors (Lipinski definition) is 3. The quantitative estimate of drug-likeness (QED) is 0.861. The molecule has 1 N–H and O–H groups in total. The van der Waals surface area contributed by atoms with E-state index in [2.05, 4.69) is 23.5 Å². The molecule has 108 valence electrons. The lowest BCUT2D eigenvalue weighted by molar-refractivity contribution is 0.0906. The molecule has 2 aliphatic carbocycles. The molecule has 0 radical (unpaired) electrons. The number of fused-ring (bicyclic) bond motifs is 1. The molecule has 0 saturated heterocycles. The molecule has 3 rings (SSSR count). The van der Waals surface area contributed by atoms with Gasteiger partial charge in [-0.25, -0.2) is 0 Å². The topological polar surface area (TPSA) is 55.1 Å². The Bertz CT molecular complexity index is 531. The first-order valence-electron chi connectivity index (χ1n) is 7.73. The second-order valence-corrected chi connectivity index (χ2v) is 5.86. The van der Waals surface area contributed by atoms with Crippen LogP contribution in [0.3, 0.4) is 0 Å². The maximum Gasteiger partial charge on any atom is 0.290 e. The fraction of sp³-hybridized carbons (Fsp3) is 0.625. The van der Waals surface area contributed by atoms with Crippen LogP contribution in [0.5, 0.6) is 0 Å². The fourth-order valence-corrected chi connectivity index (χ4v) is 3.18. The summed E-state index contributed by atoms with van der Waals surface area (Å²) in [6, 6.07) is 0.0899. The number of nitrogens with one attached hydrogen (secondary N) is 1. The third kappa shape index (κ3) is 2.65. The van der Waals surface area contributed by atoms with Gasteiger partial charge in [-0.3, -0.25) is 4.79 Å². The fourth-order valence-electron chi connectivity index (χ4n) is 3.18. The number of nitrogens with zero attached hydrogens (tertiary/aromatic N) is 1. The Hall–Kier alpha value is -1.58. The highest BCUT2D eigenvalue weighted by Crippen LogP contribution is 2.25. The second kappa shape index (κ2) is 5.81. The van der Waals surface area contributed by atoms with Gasteiger partial charge in [0.25, 0.3) is 5.91 Å². The molecule has 1 amide bonds. The van der Waals surface area contributed by atoms with Gasteiger partial charge in [-0.2, -0.15) is 0 Å². The number of aryl methyl sites for hydroxylation is 1. The van der Waals surface area contributed by atoms with Gasteiger partial charge in [-0.1, -0.05) is 16.8 Å². The zero-order valence-corrected chi connectivity index (χ0v) is 12.1. The van der Waals surface area contributed by atoms with Crippen molar-refractivity contribution in [3.05, 3.63) is 28.7 Å². The van der Waals surface area contributed by atoms with E-state index in [0.29, 0.717) is 5.76 Å². The van der Waals surface area contributed by atoms with Gasteiger partial charge in [0.1, 0.15) is 0 Å². The van der Waals surface area contributed by atoms with Gasteiger partial charge in [0.05, 0.1) is 5.69 Å². The summed E-state index contributed by atoms with van der Waals surface area (Å²) in [6.07, 6.45) is 11.1. The average molecular weight is 274 g/mol. The summed E-state index contributed by atoms with van der Waals surface area (Å²) < 4.78 is 5.29. The van der Waals surface area contributed by atoms with Crippen molar-refractivity contribution >= 4 is 5.91 Å². The van der Waals surface area contributed by atoms with Crippen LogP contribution in [-0.2, 0) is 12.8 Å². The molecule has 1 atom stereocenters. The van der Waals surface area contributed by atoms with Crippen LogP contribution in [0.1, 0.15) is 67.3 Å². The van der Waals surface area contributed by atoms with Crippen LogP contribution in [0.4, 0.5) is 0 Å². The van der Waals surface area contributed by atoms with E-state index in [9.17, 15) is 4.79 Å². The lowest BCUT2D eigenvalue weighted by Crippen LogP contribution is -2.34. The van der Waals surface area contributed by atoms with E-state index < -0.39 is 0 Å². The smallest absolute Gasteiger partial charge is 0.290 e. The van der Waals surface area contributed by atoms with Crippen molar-refractivity contribution in [1.82, 2.24) is 10.5 Å². The number of amides is 1. The molecule has 0 bridgehead atoms. The minimum atomic E-state index is -0.111. The Morgan fingerprint density at radius 1 is 1.25 bits per heavy atom. The Labute approximate surface area is 119 Å². The third-order valence-electron chi connectivity index (χ3n) is 4.40. The zero-order valence-electron chi connectivity index (χ0n) is 12.1. The molecule has 1 unspecified atom stereocenters. The monoisotopic (exact) mass is 274 g/mol. The van der Waals surface area contributed by atoms with Gasteiger partial charge in [-0.15, -0.1) is 0 Å². The molecule has 1 aromatic heterocycles. The first-order chi connectivity index (χ1) is 9.75. The van der Waals surface area contributed by atoms with E-state index in [1.807, 2.05) is 0 Å². The van der Waals surface area contributed by atoms with Crippen LogP contribution >= 0.6 is 0 Å². The molecule has 20 heavy (non-hydrogen) atoms. The first-order valence-corrected chi connectivity index (χ1v) is 7.73. The highest BCUT2D eigenvalue weighted by atomic mass is 16.5. The van der Waals surface area contributed by atoms with Crippen molar-refractivity contribution < 1.29 is 9.32 Å². The standard InChI is InChI=1S/C16H22N2O2/c1-11(12-7-3-2-4-8-12)17-16(19)15-13-9-5-6-10-14(13)18-20-15/h7,11H,2-6,8-10H2,1H3,(H,17,19). The normalized spacial score (nSPS) is 19.9. The Morgan fingerprint density at radius 2 is 2.05 bits per heavy atom. The molecule has 0 aliphatic heterocycles. The molecule has 0 aromatic carbocycles. The molecule has 2 aliphatic rings. The predicted molar refractivity (Wildman–Crippen MR) is 76.6 cm³/mol. The number of carbonyl (C=O) groups is 1. The lowest BCUT2D eigenvalue weighted by atomic mass is 9.94. The summed E-state index contributed by atoms with van der Waals surface area (Å²) in [6.45, 7) is 2.05. The second-order valence-electron chi connectivity index (χ2n) is 5.86. The first kappa shape index (κ1) is 13.4. The maximum atomic E-state index is 12.4. The summed E-state index contributed by atoms with van der Waals surface area (Å²) in [7, 11) is 0. The minimum absolute atomic E-state index is 0.0899. The van der Waals surface area contributed by atoms with Gasteiger partial charge in [0.15, 0.2) is 0 Å². The summed E-state index contributed by atoms with van der Waals surface area (Å²) in [5, 5.41) is 7.11. The van der Waals surface area contributed by atoms with Crippen LogP contribution in [0.15, 0.2) is 16.2 Å². The van der Waals surface area contributed by atoms with Gasteiger partial charge in [-0.05, 0) is 58.3 Å². The minimum Gasteiger partial charge on any atom is -0.350 e. The van der Waals surface area contributed by atoms with Crippen LogP contribution in [0.25, 0.3) is 0 Å². The number of hydrogen-bond donors (Lipinski definition) is 1. The Balaban J connectivity index is 1.70. The van der Waals surface area contributed by atoms with Crippen molar-refractivity contribution in [2.24, 2.45) is 0 Å². The van der Waals surface area contributed by atoms with Crippen LogP contribution in [0, 0.1) is 0 Å². The summed E-state index contributed by atoms with van der Waals surface area (Å²) in [4.78, 5) is 12.4. The van der Waals surface area contributed by atoms with E-state index in [0.717, 1.165) is 49.8 Å². The Morgan fingerprint density at radius 3 is 2.85 bits per heavy atom. The number of aromatic nitrogens is 1. The molecular weight excluding hydrogens is 252 g/mol. The molecular formula is C16H22N2O2. The third-order valence-corrected chi connectivity index (χ3v) is 4.40. The molecule has 0 saturated carbocycles. The molecule has 4 nitrogen and oxygen atoms in total.